The fourth-order valence-corrected chi connectivity index (χ4v) is 3.84. The van der Waals surface area contributed by atoms with Crippen LogP contribution in [-0.2, 0) is 0 Å². The number of aliphatic hydroxyl groups is 1. The SMILES string of the molecule is CC1CCC(C2CCC(O)C(F)C2Cl)CC1. The molecule has 2 aliphatic carbocycles. The van der Waals surface area contributed by atoms with Gasteiger partial charge in [0, 0.05) is 0 Å². The van der Waals surface area contributed by atoms with Crippen molar-refractivity contribution in [3.8, 4) is 0 Å². The van der Waals surface area contributed by atoms with Gasteiger partial charge in [-0.1, -0.05) is 19.8 Å². The second-order valence-corrected chi connectivity index (χ2v) is 6.22. The molecule has 0 aromatic heterocycles. The first kappa shape index (κ1) is 12.6. The van der Waals surface area contributed by atoms with E-state index in [2.05, 4.69) is 6.92 Å². The first-order valence-electron chi connectivity index (χ1n) is 6.55. The molecule has 4 unspecified atom stereocenters. The van der Waals surface area contributed by atoms with Gasteiger partial charge in [0.1, 0.15) is 6.17 Å². The van der Waals surface area contributed by atoms with Crippen LogP contribution in [0.3, 0.4) is 0 Å². The molecule has 0 bridgehead atoms. The molecule has 0 aliphatic heterocycles. The average Bonchev–Trinajstić information content (AvgIpc) is 2.28. The predicted octanol–water partition coefficient (Wildman–Crippen LogP) is 3.53. The maximum Gasteiger partial charge on any atom is 0.142 e. The monoisotopic (exact) mass is 248 g/mol. The highest BCUT2D eigenvalue weighted by atomic mass is 35.5. The van der Waals surface area contributed by atoms with Gasteiger partial charge in [0.2, 0.25) is 0 Å². The summed E-state index contributed by atoms with van der Waals surface area (Å²) in [4.78, 5) is 0. The van der Waals surface area contributed by atoms with Crippen molar-refractivity contribution in [3.05, 3.63) is 0 Å². The molecular weight excluding hydrogens is 227 g/mol. The highest BCUT2D eigenvalue weighted by Crippen LogP contribution is 2.42. The second kappa shape index (κ2) is 5.22. The lowest BCUT2D eigenvalue weighted by molar-refractivity contribution is 0.00967. The van der Waals surface area contributed by atoms with Crippen molar-refractivity contribution in [3.63, 3.8) is 0 Å². The van der Waals surface area contributed by atoms with E-state index in [4.69, 9.17) is 11.6 Å². The standard InChI is InChI=1S/C13H22ClFO/c1-8-2-4-9(5-3-8)10-6-7-11(16)13(15)12(10)14/h8-13,16H,2-7H2,1H3. The molecule has 0 saturated heterocycles. The average molecular weight is 249 g/mol. The van der Waals surface area contributed by atoms with E-state index in [9.17, 15) is 9.50 Å². The summed E-state index contributed by atoms with van der Waals surface area (Å²) in [5.41, 5.74) is 0. The van der Waals surface area contributed by atoms with E-state index in [1.807, 2.05) is 0 Å². The third-order valence-corrected chi connectivity index (χ3v) is 5.11. The zero-order valence-electron chi connectivity index (χ0n) is 9.91. The summed E-state index contributed by atoms with van der Waals surface area (Å²) in [6.07, 6.45) is 4.32. The van der Waals surface area contributed by atoms with Gasteiger partial charge in [-0.2, -0.15) is 0 Å². The van der Waals surface area contributed by atoms with E-state index in [0.29, 0.717) is 12.3 Å². The van der Waals surface area contributed by atoms with Gasteiger partial charge < -0.3 is 5.11 Å². The lowest BCUT2D eigenvalue weighted by Crippen LogP contribution is -2.44. The van der Waals surface area contributed by atoms with E-state index in [1.54, 1.807) is 0 Å². The maximum absolute atomic E-state index is 13.7. The van der Waals surface area contributed by atoms with E-state index >= 15 is 0 Å². The van der Waals surface area contributed by atoms with Gasteiger partial charge in [-0.3, -0.25) is 0 Å². The van der Waals surface area contributed by atoms with E-state index < -0.39 is 17.7 Å². The van der Waals surface area contributed by atoms with Crippen LogP contribution in [0.5, 0.6) is 0 Å². The van der Waals surface area contributed by atoms with Crippen LogP contribution in [-0.4, -0.2) is 22.8 Å². The zero-order chi connectivity index (χ0) is 11.7. The topological polar surface area (TPSA) is 20.2 Å². The molecule has 0 aromatic rings. The Kier molecular flexibility index (Phi) is 4.12. The van der Waals surface area contributed by atoms with Crippen LogP contribution >= 0.6 is 11.6 Å². The van der Waals surface area contributed by atoms with Crippen molar-refractivity contribution >= 4 is 11.6 Å². The van der Waals surface area contributed by atoms with Crippen LogP contribution in [0.1, 0.15) is 45.4 Å². The van der Waals surface area contributed by atoms with E-state index in [0.717, 1.165) is 12.3 Å². The highest BCUT2D eigenvalue weighted by Gasteiger charge is 2.41. The molecule has 2 fully saturated rings. The normalized spacial score (nSPS) is 50.2. The third-order valence-electron chi connectivity index (χ3n) is 4.54. The second-order valence-electron chi connectivity index (χ2n) is 5.72. The van der Waals surface area contributed by atoms with Crippen LogP contribution in [0, 0.1) is 17.8 Å². The fourth-order valence-electron chi connectivity index (χ4n) is 3.34. The Labute approximate surface area is 102 Å². The first-order chi connectivity index (χ1) is 7.59. The van der Waals surface area contributed by atoms with E-state index in [1.165, 1.54) is 25.7 Å². The molecule has 94 valence electrons. The van der Waals surface area contributed by atoms with Gasteiger partial charge >= 0.3 is 0 Å². The quantitative estimate of drug-likeness (QED) is 0.704. The minimum atomic E-state index is -1.22. The summed E-state index contributed by atoms with van der Waals surface area (Å²) in [6.45, 7) is 2.29. The Hall–Kier alpha value is 0.180. The molecule has 2 rings (SSSR count). The van der Waals surface area contributed by atoms with Crippen LogP contribution in [0.4, 0.5) is 4.39 Å². The molecule has 0 heterocycles. The van der Waals surface area contributed by atoms with Crippen molar-refractivity contribution in [1.29, 1.82) is 0 Å². The van der Waals surface area contributed by atoms with Crippen molar-refractivity contribution in [2.24, 2.45) is 17.8 Å². The Morgan fingerprint density at radius 1 is 1.06 bits per heavy atom. The van der Waals surface area contributed by atoms with Crippen molar-refractivity contribution in [2.75, 3.05) is 0 Å². The minimum absolute atomic E-state index is 0.285. The highest BCUT2D eigenvalue weighted by molar-refractivity contribution is 6.21. The molecule has 0 spiro atoms. The lowest BCUT2D eigenvalue weighted by Gasteiger charge is -2.40. The largest absolute Gasteiger partial charge is 0.390 e. The predicted molar refractivity (Wildman–Crippen MR) is 64.4 cm³/mol. The van der Waals surface area contributed by atoms with Crippen molar-refractivity contribution in [2.45, 2.75) is 63.1 Å². The molecular formula is C13H22ClFO. The maximum atomic E-state index is 13.7. The molecule has 4 atom stereocenters. The zero-order valence-corrected chi connectivity index (χ0v) is 10.7. The molecule has 0 aromatic carbocycles. The van der Waals surface area contributed by atoms with Crippen LogP contribution in [0.25, 0.3) is 0 Å². The van der Waals surface area contributed by atoms with Crippen LogP contribution in [0.2, 0.25) is 0 Å². The van der Waals surface area contributed by atoms with Crippen LogP contribution in [0.15, 0.2) is 0 Å². The summed E-state index contributed by atoms with van der Waals surface area (Å²) in [5.74, 6) is 1.69. The smallest absolute Gasteiger partial charge is 0.142 e. The molecule has 1 N–H and O–H groups in total. The van der Waals surface area contributed by atoms with Gasteiger partial charge in [-0.25, -0.2) is 4.39 Å². The number of hydrogen-bond acceptors (Lipinski definition) is 1. The van der Waals surface area contributed by atoms with Gasteiger partial charge in [0.15, 0.2) is 0 Å². The molecule has 2 aliphatic rings. The number of halogens is 2. The molecule has 0 radical (unpaired) electrons. The van der Waals surface area contributed by atoms with Gasteiger partial charge in [0.05, 0.1) is 11.5 Å². The Bertz CT molecular complexity index is 228. The molecule has 3 heteroatoms. The summed E-state index contributed by atoms with van der Waals surface area (Å²) in [5, 5.41) is 8.98. The number of hydrogen-bond donors (Lipinski definition) is 1. The van der Waals surface area contributed by atoms with Crippen molar-refractivity contribution in [1.82, 2.24) is 0 Å². The number of aliphatic hydroxyl groups excluding tert-OH is 1. The Morgan fingerprint density at radius 3 is 2.31 bits per heavy atom. The van der Waals surface area contributed by atoms with E-state index in [-0.39, 0.29) is 5.92 Å². The fraction of sp³-hybridized carbons (Fsp3) is 1.00. The number of alkyl halides is 2. The van der Waals surface area contributed by atoms with Gasteiger partial charge in [-0.05, 0) is 43.4 Å². The van der Waals surface area contributed by atoms with Crippen molar-refractivity contribution < 1.29 is 9.50 Å². The Balaban J connectivity index is 1.94. The number of rotatable bonds is 1. The van der Waals surface area contributed by atoms with Gasteiger partial charge in [-0.15, -0.1) is 11.6 Å². The van der Waals surface area contributed by atoms with Crippen LogP contribution < -0.4 is 0 Å². The third kappa shape index (κ3) is 2.53. The Morgan fingerprint density at radius 2 is 1.69 bits per heavy atom. The molecule has 16 heavy (non-hydrogen) atoms. The molecule has 1 nitrogen and oxygen atoms in total. The van der Waals surface area contributed by atoms with Gasteiger partial charge in [0.25, 0.3) is 0 Å². The lowest BCUT2D eigenvalue weighted by atomic mass is 9.70. The summed E-state index contributed by atoms with van der Waals surface area (Å²) >= 11 is 6.16. The summed E-state index contributed by atoms with van der Waals surface area (Å²) < 4.78 is 13.7. The minimum Gasteiger partial charge on any atom is -0.390 e. The summed E-state index contributed by atoms with van der Waals surface area (Å²) in [6, 6.07) is 0. The summed E-state index contributed by atoms with van der Waals surface area (Å²) in [7, 11) is 0. The first-order valence-corrected chi connectivity index (χ1v) is 6.99. The molecule has 0 amide bonds. The molecule has 2 saturated carbocycles.